The van der Waals surface area contributed by atoms with E-state index in [0.717, 1.165) is 12.0 Å². The fourth-order valence-corrected chi connectivity index (χ4v) is 2.29. The van der Waals surface area contributed by atoms with Crippen molar-refractivity contribution in [3.8, 4) is 11.3 Å². The third kappa shape index (κ3) is 1.68. The number of rotatable bonds is 2. The number of fused-ring (bicyclic) bond motifs is 1. The number of hydrogen-bond donors (Lipinski definition) is 0. The third-order valence-corrected chi connectivity index (χ3v) is 3.31. The molecule has 0 aliphatic heterocycles. The summed E-state index contributed by atoms with van der Waals surface area (Å²) >= 11 is 0. The first kappa shape index (κ1) is 11.0. The van der Waals surface area contributed by atoms with Crippen LogP contribution in [0.5, 0.6) is 0 Å². The minimum atomic E-state index is -0.0260. The van der Waals surface area contributed by atoms with Gasteiger partial charge in [-0.15, -0.1) is 0 Å². The molecule has 0 N–H and O–H groups in total. The number of benzene rings is 1. The molecular formula is C15H14N2O. The smallest absolute Gasteiger partial charge is 0.277 e. The average Bonchev–Trinajstić information content (AvgIpc) is 2.86. The van der Waals surface area contributed by atoms with E-state index in [0.29, 0.717) is 12.2 Å². The Morgan fingerprint density at radius 1 is 1.39 bits per heavy atom. The molecule has 3 heteroatoms. The van der Waals surface area contributed by atoms with Crippen LogP contribution in [0.2, 0.25) is 0 Å². The topological polar surface area (TPSA) is 34.9 Å². The van der Waals surface area contributed by atoms with Gasteiger partial charge in [0.25, 0.3) is 5.56 Å². The highest BCUT2D eigenvalue weighted by molar-refractivity contribution is 5.68. The van der Waals surface area contributed by atoms with Crippen molar-refractivity contribution in [2.24, 2.45) is 0 Å². The van der Waals surface area contributed by atoms with Crippen molar-refractivity contribution in [2.75, 3.05) is 0 Å². The van der Waals surface area contributed by atoms with Crippen molar-refractivity contribution >= 4 is 6.08 Å². The predicted molar refractivity (Wildman–Crippen MR) is 72.3 cm³/mol. The van der Waals surface area contributed by atoms with Crippen molar-refractivity contribution in [3.63, 3.8) is 0 Å². The fraction of sp³-hybridized carbons (Fsp3) is 0.200. The van der Waals surface area contributed by atoms with Crippen LogP contribution in [0, 0.1) is 0 Å². The van der Waals surface area contributed by atoms with E-state index in [1.807, 2.05) is 19.1 Å². The molecule has 0 radical (unpaired) electrons. The zero-order chi connectivity index (χ0) is 12.5. The summed E-state index contributed by atoms with van der Waals surface area (Å²) in [5.41, 5.74) is 3.91. The molecule has 0 spiro atoms. The molecule has 18 heavy (non-hydrogen) atoms. The molecule has 0 fully saturated rings. The van der Waals surface area contributed by atoms with E-state index in [-0.39, 0.29) is 5.56 Å². The maximum Gasteiger partial charge on any atom is 0.277 e. The van der Waals surface area contributed by atoms with Gasteiger partial charge < -0.3 is 4.57 Å². The highest BCUT2D eigenvalue weighted by atomic mass is 16.1. The summed E-state index contributed by atoms with van der Waals surface area (Å²) in [4.78, 5) is 16.4. The first-order valence-corrected chi connectivity index (χ1v) is 6.15. The number of hydrogen-bond acceptors (Lipinski definition) is 2. The largest absolute Gasteiger partial charge is 0.312 e. The maximum atomic E-state index is 12.2. The van der Waals surface area contributed by atoms with E-state index < -0.39 is 0 Å². The number of aromatic nitrogens is 2. The van der Waals surface area contributed by atoms with Crippen LogP contribution in [0.3, 0.4) is 0 Å². The van der Waals surface area contributed by atoms with Gasteiger partial charge in [-0.05, 0) is 30.5 Å². The van der Waals surface area contributed by atoms with Crippen LogP contribution in [0.1, 0.15) is 18.1 Å². The summed E-state index contributed by atoms with van der Waals surface area (Å²) in [6.45, 7) is 2.62. The Hall–Kier alpha value is -2.16. The van der Waals surface area contributed by atoms with E-state index in [1.54, 1.807) is 17.0 Å². The molecule has 1 aromatic carbocycles. The van der Waals surface area contributed by atoms with Gasteiger partial charge in [-0.2, -0.15) is 0 Å². The molecule has 1 aromatic heterocycles. The molecule has 0 amide bonds. The standard InChI is InChI=1S/C15H14N2O/c1-2-17-9-8-16-14(15(17)18)13-7-6-11-4-3-5-12(11)10-13/h3,5-10H,2,4H2,1H3. The van der Waals surface area contributed by atoms with Crippen LogP contribution in [-0.4, -0.2) is 9.55 Å². The lowest BCUT2D eigenvalue weighted by molar-refractivity contribution is 0.720. The SMILES string of the molecule is CCn1ccnc(-c2ccc3c(c2)C=CC3)c1=O. The minimum Gasteiger partial charge on any atom is -0.312 e. The van der Waals surface area contributed by atoms with Gasteiger partial charge in [-0.1, -0.05) is 24.3 Å². The normalized spacial score (nSPS) is 12.7. The van der Waals surface area contributed by atoms with Crippen LogP contribution < -0.4 is 5.56 Å². The van der Waals surface area contributed by atoms with Crippen LogP contribution >= 0.6 is 0 Å². The Kier molecular flexibility index (Phi) is 2.59. The van der Waals surface area contributed by atoms with Gasteiger partial charge in [0, 0.05) is 24.5 Å². The molecule has 1 aliphatic carbocycles. The number of allylic oxidation sites excluding steroid dienone is 1. The second-order valence-electron chi connectivity index (χ2n) is 4.39. The molecule has 2 aromatic rings. The summed E-state index contributed by atoms with van der Waals surface area (Å²) in [6.07, 6.45) is 8.62. The van der Waals surface area contributed by atoms with Crippen molar-refractivity contribution in [3.05, 3.63) is 58.1 Å². The highest BCUT2D eigenvalue weighted by Crippen LogP contribution is 2.24. The van der Waals surface area contributed by atoms with Gasteiger partial charge in [0.2, 0.25) is 0 Å². The quantitative estimate of drug-likeness (QED) is 0.805. The van der Waals surface area contributed by atoms with Gasteiger partial charge >= 0.3 is 0 Å². The van der Waals surface area contributed by atoms with Crippen LogP contribution in [0.4, 0.5) is 0 Å². The van der Waals surface area contributed by atoms with E-state index in [2.05, 4.69) is 23.2 Å². The lowest BCUT2D eigenvalue weighted by Gasteiger charge is -2.06. The Labute approximate surface area is 105 Å². The lowest BCUT2D eigenvalue weighted by Crippen LogP contribution is -2.21. The monoisotopic (exact) mass is 238 g/mol. The third-order valence-electron chi connectivity index (χ3n) is 3.31. The van der Waals surface area contributed by atoms with Gasteiger partial charge in [0.1, 0.15) is 5.69 Å². The molecule has 3 nitrogen and oxygen atoms in total. The molecule has 0 unspecified atom stereocenters. The van der Waals surface area contributed by atoms with Crippen LogP contribution in [-0.2, 0) is 13.0 Å². The van der Waals surface area contributed by atoms with Gasteiger partial charge in [0.05, 0.1) is 0 Å². The summed E-state index contributed by atoms with van der Waals surface area (Å²) in [5, 5.41) is 0. The highest BCUT2D eigenvalue weighted by Gasteiger charge is 2.10. The minimum absolute atomic E-state index is 0.0260. The second kappa shape index (κ2) is 4.26. The molecule has 1 aliphatic rings. The summed E-state index contributed by atoms with van der Waals surface area (Å²) < 4.78 is 1.67. The van der Waals surface area contributed by atoms with Crippen molar-refractivity contribution in [2.45, 2.75) is 19.9 Å². The number of aryl methyl sites for hydroxylation is 1. The van der Waals surface area contributed by atoms with Crippen LogP contribution in [0.25, 0.3) is 17.3 Å². The lowest BCUT2D eigenvalue weighted by atomic mass is 10.0. The molecule has 0 saturated heterocycles. The molecule has 3 rings (SSSR count). The van der Waals surface area contributed by atoms with Crippen molar-refractivity contribution in [1.82, 2.24) is 9.55 Å². The Morgan fingerprint density at radius 2 is 2.28 bits per heavy atom. The van der Waals surface area contributed by atoms with Crippen LogP contribution in [0.15, 0.2) is 41.5 Å². The summed E-state index contributed by atoms with van der Waals surface area (Å²) in [6, 6.07) is 6.10. The van der Waals surface area contributed by atoms with Gasteiger partial charge in [-0.25, -0.2) is 4.98 Å². The molecule has 1 heterocycles. The van der Waals surface area contributed by atoms with Gasteiger partial charge in [0.15, 0.2) is 0 Å². The zero-order valence-corrected chi connectivity index (χ0v) is 10.3. The van der Waals surface area contributed by atoms with Crippen molar-refractivity contribution in [1.29, 1.82) is 0 Å². The zero-order valence-electron chi connectivity index (χ0n) is 10.3. The molecular weight excluding hydrogens is 224 g/mol. The van der Waals surface area contributed by atoms with E-state index >= 15 is 0 Å². The first-order valence-electron chi connectivity index (χ1n) is 6.15. The Bertz CT molecular complexity index is 683. The van der Waals surface area contributed by atoms with E-state index in [4.69, 9.17) is 0 Å². The second-order valence-corrected chi connectivity index (χ2v) is 4.39. The molecule has 0 atom stereocenters. The molecule has 0 saturated carbocycles. The Morgan fingerprint density at radius 3 is 3.11 bits per heavy atom. The van der Waals surface area contributed by atoms with E-state index in [1.165, 1.54) is 11.1 Å². The Balaban J connectivity index is 2.16. The number of nitrogens with zero attached hydrogens (tertiary/aromatic N) is 2. The first-order chi connectivity index (χ1) is 8.79. The predicted octanol–water partition coefficient (Wildman–Crippen LogP) is 2.50. The van der Waals surface area contributed by atoms with E-state index in [9.17, 15) is 4.79 Å². The molecule has 0 bridgehead atoms. The summed E-state index contributed by atoms with van der Waals surface area (Å²) in [5.74, 6) is 0. The fourth-order valence-electron chi connectivity index (χ4n) is 2.29. The van der Waals surface area contributed by atoms with Gasteiger partial charge in [-0.3, -0.25) is 4.79 Å². The summed E-state index contributed by atoms with van der Waals surface area (Å²) in [7, 11) is 0. The average molecular weight is 238 g/mol. The molecule has 90 valence electrons. The van der Waals surface area contributed by atoms with Crippen molar-refractivity contribution < 1.29 is 0 Å². The maximum absolute atomic E-state index is 12.2.